The summed E-state index contributed by atoms with van der Waals surface area (Å²) >= 11 is 2.81. The predicted molar refractivity (Wildman–Crippen MR) is 59.9 cm³/mol. The standard InChI is InChI=1S/C10H6BrF6NO3/c11-3-6-4(2-7(19)20)1-5(9(12,13)14)8(18-6)21-10(15,16)17/h1H,2-3H2,(H,19,20). The number of alkyl halides is 7. The number of hydrogen-bond acceptors (Lipinski definition) is 3. The maximum absolute atomic E-state index is 12.7. The Bertz CT molecular complexity index is 543. The molecule has 0 aliphatic heterocycles. The minimum absolute atomic E-state index is 0.234. The van der Waals surface area contributed by atoms with E-state index in [1.807, 2.05) is 0 Å². The van der Waals surface area contributed by atoms with Crippen LogP contribution in [0.3, 0.4) is 0 Å². The molecule has 0 aromatic carbocycles. The fourth-order valence-corrected chi connectivity index (χ4v) is 1.88. The van der Waals surface area contributed by atoms with Crippen molar-refractivity contribution in [1.29, 1.82) is 0 Å². The third kappa shape index (κ3) is 5.06. The van der Waals surface area contributed by atoms with Crippen molar-refractivity contribution in [2.24, 2.45) is 0 Å². The van der Waals surface area contributed by atoms with Crippen LogP contribution in [-0.4, -0.2) is 22.4 Å². The summed E-state index contributed by atoms with van der Waals surface area (Å²) in [6.45, 7) is 0. The molecule has 0 unspecified atom stereocenters. The van der Waals surface area contributed by atoms with Crippen LogP contribution in [0.25, 0.3) is 0 Å². The van der Waals surface area contributed by atoms with Gasteiger partial charge in [-0.15, -0.1) is 13.2 Å². The topological polar surface area (TPSA) is 59.4 Å². The van der Waals surface area contributed by atoms with Crippen LogP contribution < -0.4 is 4.74 Å². The normalized spacial score (nSPS) is 12.3. The van der Waals surface area contributed by atoms with Gasteiger partial charge in [0.25, 0.3) is 0 Å². The van der Waals surface area contributed by atoms with Crippen LogP contribution in [0.15, 0.2) is 6.07 Å². The maximum atomic E-state index is 12.7. The van der Waals surface area contributed by atoms with E-state index in [0.29, 0.717) is 6.07 Å². The maximum Gasteiger partial charge on any atom is 0.574 e. The van der Waals surface area contributed by atoms with Gasteiger partial charge in [-0.1, -0.05) is 15.9 Å². The molecular weight excluding hydrogens is 376 g/mol. The van der Waals surface area contributed by atoms with Crippen LogP contribution in [0.4, 0.5) is 26.3 Å². The molecule has 0 fully saturated rings. The van der Waals surface area contributed by atoms with Gasteiger partial charge >= 0.3 is 18.5 Å². The zero-order valence-corrected chi connectivity index (χ0v) is 11.4. The number of carboxylic acid groups (broad SMARTS) is 1. The van der Waals surface area contributed by atoms with Gasteiger partial charge in [0.05, 0.1) is 12.1 Å². The van der Waals surface area contributed by atoms with Gasteiger partial charge in [0.1, 0.15) is 5.56 Å². The molecule has 0 amide bonds. The van der Waals surface area contributed by atoms with Crippen molar-refractivity contribution < 1.29 is 41.0 Å². The first-order chi connectivity index (χ1) is 9.44. The first-order valence-electron chi connectivity index (χ1n) is 5.07. The highest BCUT2D eigenvalue weighted by Crippen LogP contribution is 2.38. The Morgan fingerprint density at radius 2 is 1.86 bits per heavy atom. The van der Waals surface area contributed by atoms with Crippen molar-refractivity contribution in [2.45, 2.75) is 24.3 Å². The summed E-state index contributed by atoms with van der Waals surface area (Å²) in [6.07, 6.45) is -11.3. The second kappa shape index (κ2) is 6.08. The van der Waals surface area contributed by atoms with E-state index >= 15 is 0 Å². The lowest BCUT2D eigenvalue weighted by molar-refractivity contribution is -0.277. The molecule has 0 saturated carbocycles. The largest absolute Gasteiger partial charge is 0.574 e. The molecular formula is C10H6BrF6NO3. The predicted octanol–water partition coefficient (Wildman–Crippen LogP) is 3.52. The molecule has 118 valence electrons. The number of aliphatic carboxylic acids is 1. The second-order valence-electron chi connectivity index (χ2n) is 3.70. The fourth-order valence-electron chi connectivity index (χ4n) is 1.40. The summed E-state index contributed by atoms with van der Waals surface area (Å²) in [5, 5.41) is 8.37. The van der Waals surface area contributed by atoms with Gasteiger partial charge in [0, 0.05) is 5.33 Å². The van der Waals surface area contributed by atoms with Gasteiger partial charge in [-0.3, -0.25) is 4.79 Å². The molecule has 21 heavy (non-hydrogen) atoms. The first kappa shape index (κ1) is 17.5. The zero-order chi connectivity index (χ0) is 16.4. The minimum atomic E-state index is -5.36. The fraction of sp³-hybridized carbons (Fsp3) is 0.400. The van der Waals surface area contributed by atoms with E-state index in [1.165, 1.54) is 0 Å². The molecule has 1 aromatic heterocycles. The molecule has 1 rings (SSSR count). The second-order valence-corrected chi connectivity index (χ2v) is 4.26. The smallest absolute Gasteiger partial charge is 0.481 e. The third-order valence-corrected chi connectivity index (χ3v) is 2.67. The number of aromatic nitrogens is 1. The lowest BCUT2D eigenvalue weighted by atomic mass is 10.1. The number of carboxylic acids is 1. The Hall–Kier alpha value is -1.52. The van der Waals surface area contributed by atoms with E-state index in [9.17, 15) is 31.1 Å². The molecule has 1 N–H and O–H groups in total. The van der Waals surface area contributed by atoms with E-state index in [2.05, 4.69) is 25.7 Å². The Kier molecular flexibility index (Phi) is 5.07. The number of halogens is 7. The molecule has 0 bridgehead atoms. The van der Waals surface area contributed by atoms with Crippen molar-refractivity contribution in [3.05, 3.63) is 22.9 Å². The number of pyridine rings is 1. The quantitative estimate of drug-likeness (QED) is 0.640. The number of nitrogens with zero attached hydrogens (tertiary/aromatic N) is 1. The van der Waals surface area contributed by atoms with Crippen LogP contribution in [0, 0.1) is 0 Å². The van der Waals surface area contributed by atoms with Crippen LogP contribution in [-0.2, 0) is 22.7 Å². The molecule has 0 aliphatic carbocycles. The van der Waals surface area contributed by atoms with Gasteiger partial charge in [-0.2, -0.15) is 13.2 Å². The lowest BCUT2D eigenvalue weighted by Crippen LogP contribution is -2.22. The molecule has 11 heteroatoms. The number of rotatable bonds is 4. The van der Waals surface area contributed by atoms with E-state index in [4.69, 9.17) is 5.11 Å². The van der Waals surface area contributed by atoms with Crippen molar-refractivity contribution in [2.75, 3.05) is 0 Å². The van der Waals surface area contributed by atoms with Gasteiger partial charge in [-0.25, -0.2) is 4.98 Å². The van der Waals surface area contributed by atoms with Gasteiger partial charge < -0.3 is 9.84 Å². The van der Waals surface area contributed by atoms with Crippen molar-refractivity contribution in [3.63, 3.8) is 0 Å². The SMILES string of the molecule is O=C(O)Cc1cc(C(F)(F)F)c(OC(F)(F)F)nc1CBr. The molecule has 1 heterocycles. The zero-order valence-electron chi connectivity index (χ0n) is 9.85. The van der Waals surface area contributed by atoms with Gasteiger partial charge in [0.2, 0.25) is 5.88 Å². The highest BCUT2D eigenvalue weighted by Gasteiger charge is 2.41. The molecule has 0 spiro atoms. The Labute approximate surface area is 121 Å². The molecule has 0 radical (unpaired) electrons. The molecule has 1 aromatic rings. The summed E-state index contributed by atoms with van der Waals surface area (Å²) in [5.74, 6) is -3.12. The average molecular weight is 382 g/mol. The highest BCUT2D eigenvalue weighted by atomic mass is 79.9. The van der Waals surface area contributed by atoms with Crippen molar-refractivity contribution >= 4 is 21.9 Å². The molecule has 0 saturated heterocycles. The van der Waals surface area contributed by atoms with Gasteiger partial charge in [0.15, 0.2) is 0 Å². The van der Waals surface area contributed by atoms with Gasteiger partial charge in [-0.05, 0) is 11.6 Å². The minimum Gasteiger partial charge on any atom is -0.481 e. The van der Waals surface area contributed by atoms with Crippen LogP contribution >= 0.6 is 15.9 Å². The number of hydrogen-bond donors (Lipinski definition) is 1. The molecule has 0 atom stereocenters. The average Bonchev–Trinajstić information content (AvgIpc) is 2.26. The summed E-state index contributed by atoms with van der Waals surface area (Å²) in [4.78, 5) is 13.7. The number of ether oxygens (including phenoxy) is 1. The summed E-state index contributed by atoms with van der Waals surface area (Å²) in [7, 11) is 0. The highest BCUT2D eigenvalue weighted by molar-refractivity contribution is 9.08. The molecule has 0 aliphatic rings. The Balaban J connectivity index is 3.45. The first-order valence-corrected chi connectivity index (χ1v) is 6.19. The molecule has 4 nitrogen and oxygen atoms in total. The van der Waals surface area contributed by atoms with Crippen LogP contribution in [0.5, 0.6) is 5.88 Å². The van der Waals surface area contributed by atoms with Crippen molar-refractivity contribution in [3.8, 4) is 5.88 Å². The Morgan fingerprint density at radius 3 is 2.24 bits per heavy atom. The lowest BCUT2D eigenvalue weighted by Gasteiger charge is -2.17. The number of carbonyl (C=O) groups is 1. The third-order valence-electron chi connectivity index (χ3n) is 2.14. The van der Waals surface area contributed by atoms with E-state index in [-0.39, 0.29) is 16.6 Å². The van der Waals surface area contributed by atoms with E-state index in [0.717, 1.165) is 0 Å². The van der Waals surface area contributed by atoms with Crippen LogP contribution in [0.1, 0.15) is 16.8 Å². The van der Waals surface area contributed by atoms with Crippen LogP contribution in [0.2, 0.25) is 0 Å². The van der Waals surface area contributed by atoms with E-state index in [1.54, 1.807) is 0 Å². The van der Waals surface area contributed by atoms with E-state index < -0.39 is 36.4 Å². The van der Waals surface area contributed by atoms with Crippen molar-refractivity contribution in [1.82, 2.24) is 4.98 Å². The monoisotopic (exact) mass is 381 g/mol. The summed E-state index contributed by atoms with van der Waals surface area (Å²) < 4.78 is 77.8. The summed E-state index contributed by atoms with van der Waals surface area (Å²) in [6, 6.07) is 0.290. The Morgan fingerprint density at radius 1 is 1.29 bits per heavy atom. The summed E-state index contributed by atoms with van der Waals surface area (Å²) in [5.41, 5.74) is -2.44.